The molecule has 14 heavy (non-hydrogen) atoms. The van der Waals surface area contributed by atoms with E-state index in [1.807, 2.05) is 37.6 Å². The van der Waals surface area contributed by atoms with Crippen molar-refractivity contribution in [2.24, 2.45) is 0 Å². The monoisotopic (exact) mass is 210 g/mol. The molecular weight excluding hydrogens is 198 g/mol. The highest BCUT2D eigenvalue weighted by molar-refractivity contribution is 7.98. The van der Waals surface area contributed by atoms with Crippen LogP contribution in [-0.4, -0.2) is 19.8 Å². The fourth-order valence-electron chi connectivity index (χ4n) is 1.09. The van der Waals surface area contributed by atoms with E-state index < -0.39 is 0 Å². The van der Waals surface area contributed by atoms with Gasteiger partial charge in [0.2, 0.25) is 6.73 Å². The Labute approximate surface area is 88.0 Å². The zero-order valence-electron chi connectivity index (χ0n) is 8.14. The Bertz CT molecular complexity index is 304. The van der Waals surface area contributed by atoms with Crippen LogP contribution in [0.25, 0.3) is 0 Å². The molecule has 1 rings (SSSR count). The lowest BCUT2D eigenvalue weighted by Gasteiger charge is -2.18. The van der Waals surface area contributed by atoms with Crippen molar-refractivity contribution in [2.75, 3.05) is 18.2 Å². The maximum Gasteiger partial charge on any atom is 0.295 e. The molecule has 1 aromatic rings. The molecule has 0 amide bonds. The van der Waals surface area contributed by atoms with Crippen LogP contribution in [0.15, 0.2) is 29.2 Å². The first-order valence-corrected chi connectivity index (χ1v) is 5.30. The minimum Gasteiger partial charge on any atom is -0.437 e. The Morgan fingerprint density at radius 1 is 1.43 bits per heavy atom. The Hall–Kier alpha value is -1.16. The van der Waals surface area contributed by atoms with E-state index in [4.69, 9.17) is 0 Å². The van der Waals surface area contributed by atoms with Crippen LogP contribution in [0.4, 0.5) is 5.69 Å². The van der Waals surface area contributed by atoms with Crippen LogP contribution in [0.2, 0.25) is 0 Å². The van der Waals surface area contributed by atoms with Gasteiger partial charge in [-0.15, -0.1) is 11.8 Å². The summed E-state index contributed by atoms with van der Waals surface area (Å²) in [5.41, 5.74) is 1.02. The predicted molar refractivity (Wildman–Crippen MR) is 58.1 cm³/mol. The van der Waals surface area contributed by atoms with Gasteiger partial charge in [-0.05, 0) is 18.4 Å². The van der Waals surface area contributed by atoms with E-state index in [1.54, 1.807) is 16.7 Å². The summed E-state index contributed by atoms with van der Waals surface area (Å²) < 4.78 is 4.56. The molecule has 0 N–H and O–H groups in total. The van der Waals surface area contributed by atoms with Gasteiger partial charge in [0.05, 0.1) is 5.69 Å². The average Bonchev–Trinajstić information content (AvgIpc) is 2.25. The predicted octanol–water partition coefficient (Wildman–Crippen LogP) is 2.14. The number of nitrogens with zero attached hydrogens (tertiary/aromatic N) is 1. The summed E-state index contributed by atoms with van der Waals surface area (Å²) >= 11 is 1.65. The van der Waals surface area contributed by atoms with Crippen molar-refractivity contribution in [3.05, 3.63) is 31.0 Å². The summed E-state index contributed by atoms with van der Waals surface area (Å²) in [7, 11) is 1.83. The number of para-hydroxylation sites is 1. The second-order valence-corrected chi connectivity index (χ2v) is 3.47. The molecule has 4 heteroatoms. The Balaban J connectivity index is 2.77. The van der Waals surface area contributed by atoms with Crippen molar-refractivity contribution in [1.29, 1.82) is 0 Å². The normalized spacial score (nSPS) is 9.57. The quantitative estimate of drug-likeness (QED) is 0.550. The molecule has 0 heterocycles. The van der Waals surface area contributed by atoms with Gasteiger partial charge in [-0.1, -0.05) is 12.1 Å². The highest BCUT2D eigenvalue weighted by Gasteiger charge is 2.06. The second kappa shape index (κ2) is 5.54. The topological polar surface area (TPSA) is 29.5 Å². The van der Waals surface area contributed by atoms with Gasteiger partial charge in [-0.3, -0.25) is 4.79 Å². The van der Waals surface area contributed by atoms with Crippen LogP contribution in [-0.2, 0) is 9.53 Å². The summed E-state index contributed by atoms with van der Waals surface area (Å²) in [5, 5.41) is 0. The minimum atomic E-state index is 0.401. The number of benzene rings is 1. The van der Waals surface area contributed by atoms with Crippen molar-refractivity contribution in [3.8, 4) is 0 Å². The van der Waals surface area contributed by atoms with E-state index in [1.165, 1.54) is 6.73 Å². The number of hydrogen-bond donors (Lipinski definition) is 0. The third-order valence-corrected chi connectivity index (χ3v) is 2.52. The van der Waals surface area contributed by atoms with Gasteiger partial charge in [0.15, 0.2) is 0 Å². The SMILES string of the molecule is CSc1ccccc1N(C)[CH]OC=O. The lowest BCUT2D eigenvalue weighted by molar-refractivity contribution is -0.125. The van der Waals surface area contributed by atoms with Crippen molar-refractivity contribution in [3.63, 3.8) is 0 Å². The van der Waals surface area contributed by atoms with Crippen molar-refractivity contribution in [1.82, 2.24) is 0 Å². The summed E-state index contributed by atoms with van der Waals surface area (Å²) in [5.74, 6) is 0. The van der Waals surface area contributed by atoms with Gasteiger partial charge in [-0.2, -0.15) is 0 Å². The molecule has 0 bridgehead atoms. The number of ether oxygens (including phenoxy) is 1. The number of carbonyl (C=O) groups excluding carboxylic acids is 1. The van der Waals surface area contributed by atoms with Crippen molar-refractivity contribution in [2.45, 2.75) is 4.90 Å². The molecule has 0 aliphatic rings. The van der Waals surface area contributed by atoms with Crippen molar-refractivity contribution >= 4 is 23.9 Å². The molecule has 0 aromatic heterocycles. The molecule has 0 aliphatic carbocycles. The summed E-state index contributed by atoms with van der Waals surface area (Å²) in [6, 6.07) is 7.91. The van der Waals surface area contributed by atoms with E-state index in [-0.39, 0.29) is 0 Å². The smallest absolute Gasteiger partial charge is 0.295 e. The van der Waals surface area contributed by atoms with Gasteiger partial charge < -0.3 is 9.64 Å². The number of thioether (sulfide) groups is 1. The number of hydrogen-bond acceptors (Lipinski definition) is 4. The van der Waals surface area contributed by atoms with Gasteiger partial charge in [0.1, 0.15) is 0 Å². The summed E-state index contributed by atoms with van der Waals surface area (Å²) in [4.78, 5) is 12.9. The number of anilines is 1. The molecule has 1 aromatic carbocycles. The second-order valence-electron chi connectivity index (χ2n) is 2.62. The van der Waals surface area contributed by atoms with Crippen molar-refractivity contribution < 1.29 is 9.53 Å². The average molecular weight is 210 g/mol. The van der Waals surface area contributed by atoms with Gasteiger partial charge in [0.25, 0.3) is 6.47 Å². The first-order valence-electron chi connectivity index (χ1n) is 4.08. The van der Waals surface area contributed by atoms with E-state index >= 15 is 0 Å². The van der Waals surface area contributed by atoms with Crippen LogP contribution < -0.4 is 4.90 Å². The third-order valence-electron chi connectivity index (χ3n) is 1.74. The molecule has 0 fully saturated rings. The maximum atomic E-state index is 10.0. The fourth-order valence-corrected chi connectivity index (χ4v) is 1.73. The highest BCUT2D eigenvalue weighted by atomic mass is 32.2. The highest BCUT2D eigenvalue weighted by Crippen LogP contribution is 2.27. The fraction of sp³-hybridized carbons (Fsp3) is 0.200. The molecular formula is C10H12NO2S. The lowest BCUT2D eigenvalue weighted by Crippen LogP contribution is -2.15. The van der Waals surface area contributed by atoms with E-state index in [0.717, 1.165) is 10.6 Å². The molecule has 0 saturated heterocycles. The Kier molecular flexibility index (Phi) is 4.32. The largest absolute Gasteiger partial charge is 0.437 e. The Morgan fingerprint density at radius 3 is 2.79 bits per heavy atom. The standard InChI is InChI=1S/C10H12NO2S/c1-11(7-13-8-12)9-5-3-4-6-10(9)14-2/h3-8H,1-2H3. The lowest BCUT2D eigenvalue weighted by atomic mass is 10.3. The molecule has 0 saturated carbocycles. The van der Waals surface area contributed by atoms with E-state index in [0.29, 0.717) is 6.47 Å². The van der Waals surface area contributed by atoms with Crippen LogP contribution in [0.1, 0.15) is 0 Å². The Morgan fingerprint density at radius 2 is 2.14 bits per heavy atom. The first kappa shape index (κ1) is 10.9. The molecule has 0 spiro atoms. The number of rotatable bonds is 5. The number of carbonyl (C=O) groups is 1. The van der Waals surface area contributed by atoms with E-state index in [9.17, 15) is 4.79 Å². The van der Waals surface area contributed by atoms with Crippen LogP contribution in [0.5, 0.6) is 0 Å². The van der Waals surface area contributed by atoms with Crippen LogP contribution >= 0.6 is 11.8 Å². The van der Waals surface area contributed by atoms with Crippen LogP contribution in [0.3, 0.4) is 0 Å². The molecule has 0 atom stereocenters. The molecule has 3 nitrogen and oxygen atoms in total. The first-order chi connectivity index (χ1) is 6.79. The molecule has 0 aliphatic heterocycles. The van der Waals surface area contributed by atoms with Gasteiger partial charge in [0, 0.05) is 11.9 Å². The zero-order valence-corrected chi connectivity index (χ0v) is 8.95. The van der Waals surface area contributed by atoms with Crippen LogP contribution in [0, 0.1) is 6.73 Å². The van der Waals surface area contributed by atoms with Gasteiger partial charge >= 0.3 is 0 Å². The van der Waals surface area contributed by atoms with E-state index in [2.05, 4.69) is 4.74 Å². The molecule has 0 unspecified atom stereocenters. The zero-order chi connectivity index (χ0) is 10.4. The third kappa shape index (κ3) is 2.67. The minimum absolute atomic E-state index is 0.401. The maximum absolute atomic E-state index is 10.0. The molecule has 1 radical (unpaired) electrons. The summed E-state index contributed by atoms with van der Waals surface area (Å²) in [6.07, 6.45) is 2.01. The van der Waals surface area contributed by atoms with Gasteiger partial charge in [-0.25, -0.2) is 0 Å². The summed E-state index contributed by atoms with van der Waals surface area (Å²) in [6.45, 7) is 1.78. The molecule has 75 valence electrons.